The van der Waals surface area contributed by atoms with Gasteiger partial charge in [0.25, 0.3) is 0 Å². The van der Waals surface area contributed by atoms with Crippen molar-refractivity contribution in [3.8, 4) is 0 Å². The van der Waals surface area contributed by atoms with Gasteiger partial charge in [-0.25, -0.2) is 4.63 Å². The summed E-state index contributed by atoms with van der Waals surface area (Å²) in [6.45, 7) is 0. The number of hydrogen-bond donors (Lipinski definition) is 0. The van der Waals surface area contributed by atoms with E-state index in [2.05, 4.69) is 83.1 Å². The van der Waals surface area contributed by atoms with Gasteiger partial charge in [-0.3, -0.25) is 0 Å². The quantitative estimate of drug-likeness (QED) is 0.330. The summed E-state index contributed by atoms with van der Waals surface area (Å²) in [6.07, 6.45) is 0. The van der Waals surface area contributed by atoms with Crippen molar-refractivity contribution in [3.05, 3.63) is 72.8 Å². The van der Waals surface area contributed by atoms with Crippen molar-refractivity contribution >= 4 is 54.1 Å². The second kappa shape index (κ2) is 4.54. The molecule has 3 nitrogen and oxygen atoms in total. The summed E-state index contributed by atoms with van der Waals surface area (Å²) in [5, 5.41) is 17.9. The van der Waals surface area contributed by atoms with E-state index < -0.39 is 0 Å². The van der Waals surface area contributed by atoms with Crippen LogP contribution in [0.25, 0.3) is 54.1 Å². The molecule has 116 valence electrons. The number of nitrogens with zero attached hydrogens (tertiary/aromatic N) is 2. The van der Waals surface area contributed by atoms with Crippen molar-refractivity contribution in [2.45, 2.75) is 0 Å². The van der Waals surface area contributed by atoms with Gasteiger partial charge in [0.2, 0.25) is 0 Å². The van der Waals surface area contributed by atoms with Crippen molar-refractivity contribution in [1.29, 1.82) is 0 Å². The summed E-state index contributed by atoms with van der Waals surface area (Å²) < 4.78 is 5.18. The van der Waals surface area contributed by atoms with Crippen molar-refractivity contribution in [2.24, 2.45) is 0 Å². The van der Waals surface area contributed by atoms with Crippen LogP contribution in [0.5, 0.6) is 0 Å². The van der Waals surface area contributed by atoms with Gasteiger partial charge in [0.15, 0.2) is 0 Å². The van der Waals surface area contributed by atoms with E-state index in [1.54, 1.807) is 0 Å². The van der Waals surface area contributed by atoms with Crippen molar-refractivity contribution in [1.82, 2.24) is 10.3 Å². The molecule has 1 aromatic heterocycles. The second-order valence-electron chi connectivity index (χ2n) is 6.38. The number of hydrogen-bond acceptors (Lipinski definition) is 3. The van der Waals surface area contributed by atoms with Gasteiger partial charge in [-0.2, -0.15) is 0 Å². The highest BCUT2D eigenvalue weighted by Gasteiger charge is 2.16. The molecule has 6 aromatic rings. The summed E-state index contributed by atoms with van der Waals surface area (Å²) >= 11 is 0. The van der Waals surface area contributed by atoms with E-state index in [9.17, 15) is 0 Å². The molecule has 0 atom stereocenters. The van der Waals surface area contributed by atoms with Gasteiger partial charge < -0.3 is 0 Å². The third-order valence-electron chi connectivity index (χ3n) is 5.11. The third kappa shape index (κ3) is 1.59. The van der Waals surface area contributed by atoms with Crippen LogP contribution in [-0.4, -0.2) is 10.3 Å². The first-order chi connectivity index (χ1) is 12.4. The van der Waals surface area contributed by atoms with Crippen LogP contribution >= 0.6 is 0 Å². The van der Waals surface area contributed by atoms with Crippen LogP contribution in [0, 0.1) is 0 Å². The summed E-state index contributed by atoms with van der Waals surface area (Å²) in [4.78, 5) is 0. The smallest absolute Gasteiger partial charge is 0.144 e. The molecule has 25 heavy (non-hydrogen) atoms. The molecule has 0 radical (unpaired) electrons. The van der Waals surface area contributed by atoms with E-state index >= 15 is 0 Å². The fourth-order valence-corrected chi connectivity index (χ4v) is 4.02. The van der Waals surface area contributed by atoms with Gasteiger partial charge in [0, 0.05) is 10.8 Å². The molecule has 1 heterocycles. The van der Waals surface area contributed by atoms with Crippen LogP contribution in [0.15, 0.2) is 77.4 Å². The molecular formula is C22H12N2O. The fourth-order valence-electron chi connectivity index (χ4n) is 4.02. The molecule has 0 saturated carbocycles. The molecule has 0 unspecified atom stereocenters. The second-order valence-corrected chi connectivity index (χ2v) is 6.38. The van der Waals surface area contributed by atoms with Gasteiger partial charge in [-0.1, -0.05) is 72.8 Å². The maximum atomic E-state index is 5.18. The molecule has 0 amide bonds. The largest absolute Gasteiger partial charge is 0.243 e. The molecule has 0 spiro atoms. The van der Waals surface area contributed by atoms with E-state index in [1.165, 1.54) is 32.3 Å². The minimum absolute atomic E-state index is 0.829. The Bertz CT molecular complexity index is 1340. The van der Waals surface area contributed by atoms with Gasteiger partial charge in [-0.05, 0) is 42.6 Å². The molecule has 3 heteroatoms. The lowest BCUT2D eigenvalue weighted by molar-refractivity contribution is 0.316. The van der Waals surface area contributed by atoms with Gasteiger partial charge >= 0.3 is 0 Å². The summed E-state index contributed by atoms with van der Waals surface area (Å²) in [5.41, 5.74) is 1.66. The number of rotatable bonds is 0. The standard InChI is InChI=1S/C22H12N2O/c1-3-7-15-13(5-1)9-11-17-18-12-10-14-6-2-4-8-16(14)20(18)22-21(19(15)17)23-25-24-22/h1-12H. The summed E-state index contributed by atoms with van der Waals surface area (Å²) in [7, 11) is 0. The zero-order valence-electron chi connectivity index (χ0n) is 13.2. The third-order valence-corrected chi connectivity index (χ3v) is 5.11. The zero-order valence-corrected chi connectivity index (χ0v) is 13.2. The first-order valence-corrected chi connectivity index (χ1v) is 8.29. The number of aromatic nitrogens is 2. The van der Waals surface area contributed by atoms with E-state index in [-0.39, 0.29) is 0 Å². The Morgan fingerprint density at radius 3 is 1.48 bits per heavy atom. The van der Waals surface area contributed by atoms with Crippen LogP contribution in [0.4, 0.5) is 0 Å². The molecule has 0 saturated heterocycles. The topological polar surface area (TPSA) is 38.9 Å². The van der Waals surface area contributed by atoms with Crippen LogP contribution < -0.4 is 0 Å². The molecule has 0 aliphatic heterocycles. The Kier molecular flexibility index (Phi) is 2.35. The predicted molar refractivity (Wildman–Crippen MR) is 102 cm³/mol. The number of fused-ring (bicyclic) bond motifs is 10. The van der Waals surface area contributed by atoms with Gasteiger partial charge in [0.1, 0.15) is 11.0 Å². The van der Waals surface area contributed by atoms with Gasteiger partial charge in [-0.15, -0.1) is 0 Å². The first-order valence-electron chi connectivity index (χ1n) is 8.29. The molecule has 0 N–H and O–H groups in total. The minimum atomic E-state index is 0.829. The Labute approximate surface area is 142 Å². The predicted octanol–water partition coefficient (Wildman–Crippen LogP) is 5.84. The van der Waals surface area contributed by atoms with Crippen LogP contribution in [0.3, 0.4) is 0 Å². The van der Waals surface area contributed by atoms with E-state index in [0.717, 1.165) is 21.8 Å². The SMILES string of the molecule is c1ccc2c(c1)ccc1c3ccc4ccccc4c3c3nonc3c21. The molecule has 0 fully saturated rings. The lowest BCUT2D eigenvalue weighted by atomic mass is 9.93. The summed E-state index contributed by atoms with van der Waals surface area (Å²) in [6, 6.07) is 25.5. The minimum Gasteiger partial charge on any atom is -0.243 e. The lowest BCUT2D eigenvalue weighted by Crippen LogP contribution is -1.86. The fraction of sp³-hybridized carbons (Fsp3) is 0. The average molecular weight is 320 g/mol. The lowest BCUT2D eigenvalue weighted by Gasteiger charge is -2.10. The molecule has 0 aliphatic carbocycles. The Hall–Kier alpha value is -3.46. The Morgan fingerprint density at radius 1 is 0.480 bits per heavy atom. The maximum Gasteiger partial charge on any atom is 0.144 e. The van der Waals surface area contributed by atoms with Crippen LogP contribution in [-0.2, 0) is 0 Å². The first kappa shape index (κ1) is 12.9. The average Bonchev–Trinajstić information content (AvgIpc) is 3.16. The highest BCUT2D eigenvalue weighted by Crippen LogP contribution is 2.40. The number of benzene rings is 5. The monoisotopic (exact) mass is 320 g/mol. The van der Waals surface area contributed by atoms with Crippen LogP contribution in [0.1, 0.15) is 0 Å². The molecule has 0 bridgehead atoms. The normalized spacial score (nSPS) is 12.0. The Balaban J connectivity index is 2.03. The zero-order chi connectivity index (χ0) is 16.4. The highest BCUT2D eigenvalue weighted by molar-refractivity contribution is 6.33. The van der Waals surface area contributed by atoms with E-state index in [1.807, 2.05) is 0 Å². The van der Waals surface area contributed by atoms with Crippen molar-refractivity contribution in [2.75, 3.05) is 0 Å². The van der Waals surface area contributed by atoms with E-state index in [4.69, 9.17) is 4.63 Å². The maximum absolute atomic E-state index is 5.18. The van der Waals surface area contributed by atoms with Crippen LogP contribution in [0.2, 0.25) is 0 Å². The Morgan fingerprint density at radius 2 is 0.960 bits per heavy atom. The van der Waals surface area contributed by atoms with Crippen molar-refractivity contribution in [3.63, 3.8) is 0 Å². The van der Waals surface area contributed by atoms with Gasteiger partial charge in [0.05, 0.1) is 0 Å². The molecular weight excluding hydrogens is 308 g/mol. The van der Waals surface area contributed by atoms with Crippen molar-refractivity contribution < 1.29 is 4.63 Å². The summed E-state index contributed by atoms with van der Waals surface area (Å²) in [5.74, 6) is 0. The molecule has 5 aromatic carbocycles. The highest BCUT2D eigenvalue weighted by atomic mass is 16.6. The van der Waals surface area contributed by atoms with E-state index in [0.29, 0.717) is 0 Å². The molecule has 0 aliphatic rings. The molecule has 6 rings (SSSR count).